The molecule has 0 fully saturated rings. The highest BCUT2D eigenvalue weighted by molar-refractivity contribution is 5.43. The first-order valence-corrected chi connectivity index (χ1v) is 6.19. The zero-order valence-corrected chi connectivity index (χ0v) is 11.6. The second-order valence-corrected chi connectivity index (χ2v) is 4.47. The molecule has 1 aromatic rings. The summed E-state index contributed by atoms with van der Waals surface area (Å²) in [6.45, 7) is -4.27. The number of hydrogen-bond donors (Lipinski definition) is 4. The molecule has 120 valence electrons. The number of ether oxygens (including phenoxy) is 2. The zero-order valence-electron chi connectivity index (χ0n) is 11.6. The van der Waals surface area contributed by atoms with Crippen molar-refractivity contribution in [2.24, 2.45) is 0 Å². The molecule has 0 amide bonds. The maximum Gasteiger partial charge on any atom is 0.387 e. The highest BCUT2D eigenvalue weighted by Gasteiger charge is 2.27. The lowest BCUT2D eigenvalue weighted by molar-refractivity contribution is -0.0512. The summed E-state index contributed by atoms with van der Waals surface area (Å²) < 4.78 is 33.9. The van der Waals surface area contributed by atoms with E-state index in [9.17, 15) is 24.1 Å². The number of aliphatic hydroxyl groups excluding tert-OH is 3. The molecule has 8 heteroatoms. The highest BCUT2D eigenvalue weighted by atomic mass is 19.3. The number of nitrogens with one attached hydrogen (secondary N) is 1. The molecule has 0 saturated heterocycles. The van der Waals surface area contributed by atoms with E-state index in [2.05, 4.69) is 10.1 Å². The maximum absolute atomic E-state index is 12.3. The molecule has 0 spiro atoms. The molecule has 4 N–H and O–H groups in total. The molecule has 0 aromatic heterocycles. The Bertz CT molecular complexity index is 432. The van der Waals surface area contributed by atoms with Gasteiger partial charge in [-0.3, -0.25) is 0 Å². The molecule has 0 unspecified atom stereocenters. The molecule has 0 bridgehead atoms. The fraction of sp³-hybridized carbons (Fsp3) is 0.538. The SMILES string of the molecule is COc1ccc(CNC(CO)(CO)CO)cc1OC(F)F. The average molecular weight is 307 g/mol. The standard InChI is InChI=1S/C13H19F2NO5/c1-20-10-3-2-9(4-11(10)21-12(14)15)5-16-13(6-17,7-18)8-19/h2-4,12,16-19H,5-8H2,1H3. The van der Waals surface area contributed by atoms with Gasteiger partial charge < -0.3 is 30.1 Å². The first-order valence-electron chi connectivity index (χ1n) is 6.19. The second-order valence-electron chi connectivity index (χ2n) is 4.47. The zero-order chi connectivity index (χ0) is 15.9. The van der Waals surface area contributed by atoms with Crippen LogP contribution in [0.3, 0.4) is 0 Å². The summed E-state index contributed by atoms with van der Waals surface area (Å²) in [6.07, 6.45) is 0. The summed E-state index contributed by atoms with van der Waals surface area (Å²) in [5, 5.41) is 30.3. The Morgan fingerprint density at radius 1 is 1.14 bits per heavy atom. The molecule has 1 aromatic carbocycles. The molecular weight excluding hydrogens is 288 g/mol. The van der Waals surface area contributed by atoms with E-state index < -0.39 is 32.0 Å². The van der Waals surface area contributed by atoms with E-state index in [0.29, 0.717) is 5.56 Å². The summed E-state index contributed by atoms with van der Waals surface area (Å²) in [4.78, 5) is 0. The summed E-state index contributed by atoms with van der Waals surface area (Å²) in [5.74, 6) is 0.0474. The van der Waals surface area contributed by atoms with Gasteiger partial charge in [0.25, 0.3) is 0 Å². The third-order valence-corrected chi connectivity index (χ3v) is 3.02. The predicted molar refractivity (Wildman–Crippen MR) is 70.5 cm³/mol. The van der Waals surface area contributed by atoms with E-state index in [1.54, 1.807) is 6.07 Å². The summed E-state index contributed by atoms with van der Waals surface area (Å²) in [5.41, 5.74) is -0.685. The van der Waals surface area contributed by atoms with Crippen LogP contribution in [0.25, 0.3) is 0 Å². The molecule has 0 atom stereocenters. The summed E-state index contributed by atoms with van der Waals surface area (Å²) in [7, 11) is 1.33. The number of aliphatic hydroxyl groups is 3. The molecule has 1 rings (SSSR count). The fourth-order valence-corrected chi connectivity index (χ4v) is 1.63. The number of methoxy groups -OCH3 is 1. The van der Waals surface area contributed by atoms with Crippen LogP contribution in [0.5, 0.6) is 11.5 Å². The van der Waals surface area contributed by atoms with Gasteiger partial charge in [-0.15, -0.1) is 0 Å². The molecular formula is C13H19F2NO5. The second kappa shape index (κ2) is 8.08. The highest BCUT2D eigenvalue weighted by Crippen LogP contribution is 2.29. The molecule has 0 aliphatic rings. The number of halogens is 2. The van der Waals surface area contributed by atoms with E-state index in [0.717, 1.165) is 0 Å². The monoisotopic (exact) mass is 307 g/mol. The van der Waals surface area contributed by atoms with Crippen molar-refractivity contribution in [3.63, 3.8) is 0 Å². The molecule has 0 radical (unpaired) electrons. The minimum Gasteiger partial charge on any atom is -0.493 e. The lowest BCUT2D eigenvalue weighted by Gasteiger charge is -2.29. The Labute approximate surface area is 120 Å². The summed E-state index contributed by atoms with van der Waals surface area (Å²) in [6, 6.07) is 4.43. The van der Waals surface area contributed by atoms with Gasteiger partial charge >= 0.3 is 6.61 Å². The molecule has 0 saturated carbocycles. The summed E-state index contributed by atoms with van der Waals surface area (Å²) >= 11 is 0. The van der Waals surface area contributed by atoms with Crippen LogP contribution in [0, 0.1) is 0 Å². The lowest BCUT2D eigenvalue weighted by atomic mass is 10.0. The van der Waals surface area contributed by atoms with Crippen LogP contribution in [0.1, 0.15) is 5.56 Å². The normalized spacial score (nSPS) is 11.8. The van der Waals surface area contributed by atoms with Crippen molar-refractivity contribution in [1.29, 1.82) is 0 Å². The van der Waals surface area contributed by atoms with Crippen molar-refractivity contribution in [1.82, 2.24) is 5.32 Å². The van der Waals surface area contributed by atoms with Crippen molar-refractivity contribution >= 4 is 0 Å². The van der Waals surface area contributed by atoms with E-state index in [1.165, 1.54) is 19.2 Å². The van der Waals surface area contributed by atoms with Crippen molar-refractivity contribution in [2.45, 2.75) is 18.7 Å². The van der Waals surface area contributed by atoms with Crippen LogP contribution in [0.2, 0.25) is 0 Å². The fourth-order valence-electron chi connectivity index (χ4n) is 1.63. The van der Waals surface area contributed by atoms with Gasteiger partial charge in [-0.1, -0.05) is 6.07 Å². The van der Waals surface area contributed by atoms with Crippen molar-refractivity contribution < 1.29 is 33.6 Å². The van der Waals surface area contributed by atoms with Crippen molar-refractivity contribution in [2.75, 3.05) is 26.9 Å². The smallest absolute Gasteiger partial charge is 0.387 e. The van der Waals surface area contributed by atoms with Crippen molar-refractivity contribution in [3.8, 4) is 11.5 Å². The lowest BCUT2D eigenvalue weighted by Crippen LogP contribution is -2.54. The molecule has 6 nitrogen and oxygen atoms in total. The Kier molecular flexibility index (Phi) is 6.76. The van der Waals surface area contributed by atoms with E-state index in [-0.39, 0.29) is 18.0 Å². The first-order chi connectivity index (χ1) is 10.00. The van der Waals surface area contributed by atoms with Crippen LogP contribution in [0.15, 0.2) is 18.2 Å². The number of rotatable bonds is 9. The Balaban J connectivity index is 2.84. The average Bonchev–Trinajstić information content (AvgIpc) is 2.49. The predicted octanol–water partition coefficient (Wildman–Crippen LogP) is 0.102. The number of alkyl halides is 2. The minimum atomic E-state index is -2.98. The van der Waals surface area contributed by atoms with Crippen molar-refractivity contribution in [3.05, 3.63) is 23.8 Å². The van der Waals surface area contributed by atoms with Crippen LogP contribution in [0.4, 0.5) is 8.78 Å². The largest absolute Gasteiger partial charge is 0.493 e. The molecule has 21 heavy (non-hydrogen) atoms. The molecule has 0 aliphatic heterocycles. The van der Waals surface area contributed by atoms with Gasteiger partial charge in [0.1, 0.15) is 0 Å². The topological polar surface area (TPSA) is 91.2 Å². The third-order valence-electron chi connectivity index (χ3n) is 3.02. The van der Waals surface area contributed by atoms with E-state index in [1.807, 2.05) is 0 Å². The van der Waals surface area contributed by atoms with Gasteiger partial charge in [0.15, 0.2) is 11.5 Å². The minimum absolute atomic E-state index is 0.116. The van der Waals surface area contributed by atoms with Crippen LogP contribution in [-0.2, 0) is 6.54 Å². The van der Waals surface area contributed by atoms with Gasteiger partial charge in [0.05, 0.1) is 32.5 Å². The van der Waals surface area contributed by atoms with Gasteiger partial charge in [0, 0.05) is 6.54 Å². The van der Waals surface area contributed by atoms with Crippen LogP contribution >= 0.6 is 0 Å². The van der Waals surface area contributed by atoms with E-state index >= 15 is 0 Å². The van der Waals surface area contributed by atoms with Gasteiger partial charge in [0.2, 0.25) is 0 Å². The van der Waals surface area contributed by atoms with E-state index in [4.69, 9.17) is 4.74 Å². The van der Waals surface area contributed by atoms with Gasteiger partial charge in [-0.05, 0) is 17.7 Å². The van der Waals surface area contributed by atoms with Gasteiger partial charge in [-0.2, -0.15) is 8.78 Å². The van der Waals surface area contributed by atoms with Gasteiger partial charge in [-0.25, -0.2) is 0 Å². The Hall–Kier alpha value is -1.48. The van der Waals surface area contributed by atoms with Crippen LogP contribution in [-0.4, -0.2) is 54.4 Å². The Morgan fingerprint density at radius 3 is 2.24 bits per heavy atom. The number of benzene rings is 1. The number of hydrogen-bond acceptors (Lipinski definition) is 6. The Morgan fingerprint density at radius 2 is 1.76 bits per heavy atom. The third kappa shape index (κ3) is 4.78. The quantitative estimate of drug-likeness (QED) is 0.517. The molecule has 0 heterocycles. The first kappa shape index (κ1) is 17.6. The van der Waals surface area contributed by atoms with Crippen LogP contribution < -0.4 is 14.8 Å². The molecule has 0 aliphatic carbocycles. The maximum atomic E-state index is 12.3.